The van der Waals surface area contributed by atoms with E-state index in [1.165, 1.54) is 56.6 Å². The predicted octanol–water partition coefficient (Wildman–Crippen LogP) is 4.24. The highest BCUT2D eigenvalue weighted by Crippen LogP contribution is 2.25. The molecular formula is C15H30O3Si. The fraction of sp³-hybridized carbons (Fsp3) is 0.867. The van der Waals surface area contributed by atoms with Crippen molar-refractivity contribution in [2.75, 3.05) is 21.3 Å². The van der Waals surface area contributed by atoms with Crippen LogP contribution in [-0.4, -0.2) is 30.1 Å². The van der Waals surface area contributed by atoms with Crippen molar-refractivity contribution in [1.29, 1.82) is 0 Å². The second kappa shape index (κ2) is 9.70. The molecule has 0 amide bonds. The van der Waals surface area contributed by atoms with Crippen LogP contribution in [0.25, 0.3) is 0 Å². The second-order valence-electron chi connectivity index (χ2n) is 5.27. The molecule has 4 heteroatoms. The van der Waals surface area contributed by atoms with E-state index < -0.39 is 8.80 Å². The van der Waals surface area contributed by atoms with Crippen LogP contribution in [0.2, 0.25) is 0 Å². The standard InChI is InChI=1S/C15H30O3Si/c1-16-19(17-2,18-3)15-13-11-9-7-5-4-6-8-10-12-14-15/h13H,4-12,14H2,1-3H3/b15-13+. The topological polar surface area (TPSA) is 27.7 Å². The third-order valence-corrected chi connectivity index (χ3v) is 6.84. The molecule has 19 heavy (non-hydrogen) atoms. The van der Waals surface area contributed by atoms with Gasteiger partial charge in [0.25, 0.3) is 0 Å². The van der Waals surface area contributed by atoms with E-state index in [4.69, 9.17) is 13.3 Å². The van der Waals surface area contributed by atoms with E-state index in [0.29, 0.717) is 0 Å². The highest BCUT2D eigenvalue weighted by molar-refractivity contribution is 6.68. The zero-order chi connectivity index (χ0) is 14.0. The van der Waals surface area contributed by atoms with Crippen molar-refractivity contribution in [3.05, 3.63) is 11.3 Å². The minimum Gasteiger partial charge on any atom is -0.374 e. The normalized spacial score (nSPS) is 23.0. The van der Waals surface area contributed by atoms with Crippen molar-refractivity contribution < 1.29 is 13.3 Å². The molecule has 0 N–H and O–H groups in total. The largest absolute Gasteiger partial charge is 0.531 e. The molecule has 0 radical (unpaired) electrons. The molecule has 0 fully saturated rings. The first-order valence-electron chi connectivity index (χ1n) is 7.64. The first-order chi connectivity index (χ1) is 9.29. The number of hydrogen-bond acceptors (Lipinski definition) is 3. The van der Waals surface area contributed by atoms with E-state index in [2.05, 4.69) is 6.08 Å². The Labute approximate surface area is 119 Å². The number of hydrogen-bond donors (Lipinski definition) is 0. The van der Waals surface area contributed by atoms with Gasteiger partial charge in [-0.05, 0) is 30.9 Å². The SMILES string of the molecule is CO[Si](OC)(OC)/C1=C/CCCCCCCCCC1. The third kappa shape index (κ3) is 5.38. The average molecular weight is 286 g/mol. The van der Waals surface area contributed by atoms with Gasteiger partial charge in [0.2, 0.25) is 0 Å². The quantitative estimate of drug-likeness (QED) is 0.723. The molecule has 0 aliphatic heterocycles. The second-order valence-corrected chi connectivity index (χ2v) is 8.24. The van der Waals surface area contributed by atoms with Crippen molar-refractivity contribution >= 4 is 8.80 Å². The van der Waals surface area contributed by atoms with Gasteiger partial charge in [-0.15, -0.1) is 0 Å². The maximum atomic E-state index is 5.63. The Morgan fingerprint density at radius 2 is 1.21 bits per heavy atom. The molecule has 0 atom stereocenters. The lowest BCUT2D eigenvalue weighted by molar-refractivity contribution is 0.133. The summed E-state index contributed by atoms with van der Waals surface area (Å²) in [5.41, 5.74) is 0. The van der Waals surface area contributed by atoms with Crippen molar-refractivity contribution in [2.24, 2.45) is 0 Å². The molecule has 1 rings (SSSR count). The summed E-state index contributed by atoms with van der Waals surface area (Å²) in [6.45, 7) is 0. The molecule has 3 nitrogen and oxygen atoms in total. The Bertz CT molecular complexity index is 254. The number of allylic oxidation sites excluding steroid dienone is 2. The monoisotopic (exact) mass is 286 g/mol. The predicted molar refractivity (Wildman–Crippen MR) is 81.0 cm³/mol. The van der Waals surface area contributed by atoms with Crippen LogP contribution in [0.4, 0.5) is 0 Å². The van der Waals surface area contributed by atoms with E-state index in [9.17, 15) is 0 Å². The molecule has 0 heterocycles. The van der Waals surface area contributed by atoms with Gasteiger partial charge in [-0.1, -0.05) is 44.6 Å². The molecular weight excluding hydrogens is 256 g/mol. The van der Waals surface area contributed by atoms with Crippen LogP contribution in [0.3, 0.4) is 0 Å². The summed E-state index contributed by atoms with van der Waals surface area (Å²) in [6, 6.07) is 0. The van der Waals surface area contributed by atoms with Crippen molar-refractivity contribution in [3.63, 3.8) is 0 Å². The molecule has 1 aliphatic rings. The van der Waals surface area contributed by atoms with Crippen molar-refractivity contribution in [2.45, 2.75) is 64.2 Å². The smallest absolute Gasteiger partial charge is 0.374 e. The molecule has 0 aromatic carbocycles. The summed E-state index contributed by atoms with van der Waals surface area (Å²) >= 11 is 0. The molecule has 0 saturated carbocycles. The lowest BCUT2D eigenvalue weighted by Crippen LogP contribution is -2.45. The summed E-state index contributed by atoms with van der Waals surface area (Å²) in [4.78, 5) is 0. The van der Waals surface area contributed by atoms with Crippen LogP contribution in [0.1, 0.15) is 64.2 Å². The van der Waals surface area contributed by atoms with Gasteiger partial charge in [0, 0.05) is 21.3 Å². The van der Waals surface area contributed by atoms with Crippen LogP contribution in [-0.2, 0) is 13.3 Å². The zero-order valence-electron chi connectivity index (χ0n) is 12.9. The van der Waals surface area contributed by atoms with Crippen LogP contribution < -0.4 is 0 Å². The van der Waals surface area contributed by atoms with Gasteiger partial charge in [0.15, 0.2) is 0 Å². The Morgan fingerprint density at radius 3 is 1.74 bits per heavy atom. The summed E-state index contributed by atoms with van der Waals surface area (Å²) in [6.07, 6.45) is 15.2. The van der Waals surface area contributed by atoms with Gasteiger partial charge in [-0.25, -0.2) is 0 Å². The van der Waals surface area contributed by atoms with E-state index in [-0.39, 0.29) is 0 Å². The van der Waals surface area contributed by atoms with Gasteiger partial charge in [0.1, 0.15) is 0 Å². The van der Waals surface area contributed by atoms with Crippen LogP contribution in [0.5, 0.6) is 0 Å². The molecule has 0 saturated heterocycles. The highest BCUT2D eigenvalue weighted by Gasteiger charge is 2.42. The van der Waals surface area contributed by atoms with E-state index >= 15 is 0 Å². The average Bonchev–Trinajstić information content (AvgIpc) is 2.43. The lowest BCUT2D eigenvalue weighted by atomic mass is 10.0. The maximum Gasteiger partial charge on any atom is 0.531 e. The molecule has 0 unspecified atom stereocenters. The molecule has 0 aromatic heterocycles. The number of rotatable bonds is 4. The molecule has 1 aliphatic carbocycles. The Hall–Kier alpha value is -0.163. The van der Waals surface area contributed by atoms with Crippen molar-refractivity contribution in [3.8, 4) is 0 Å². The van der Waals surface area contributed by atoms with Crippen molar-refractivity contribution in [1.82, 2.24) is 0 Å². The molecule has 0 bridgehead atoms. The molecule has 112 valence electrons. The first kappa shape index (κ1) is 16.9. The minimum absolute atomic E-state index is 1.06. The minimum atomic E-state index is -2.58. The highest BCUT2D eigenvalue weighted by atomic mass is 28.4. The summed E-state index contributed by atoms with van der Waals surface area (Å²) < 4.78 is 16.9. The lowest BCUT2D eigenvalue weighted by Gasteiger charge is -2.27. The van der Waals surface area contributed by atoms with Gasteiger partial charge >= 0.3 is 8.80 Å². The van der Waals surface area contributed by atoms with Gasteiger partial charge in [-0.3, -0.25) is 0 Å². The third-order valence-electron chi connectivity index (χ3n) is 3.99. The van der Waals surface area contributed by atoms with Crippen LogP contribution in [0, 0.1) is 0 Å². The first-order valence-corrected chi connectivity index (χ1v) is 9.36. The van der Waals surface area contributed by atoms with Gasteiger partial charge in [-0.2, -0.15) is 0 Å². The zero-order valence-corrected chi connectivity index (χ0v) is 13.9. The van der Waals surface area contributed by atoms with E-state index in [1.54, 1.807) is 21.3 Å². The summed E-state index contributed by atoms with van der Waals surface area (Å²) in [7, 11) is 2.54. The maximum absolute atomic E-state index is 5.63. The molecule has 0 spiro atoms. The Kier molecular flexibility index (Phi) is 8.62. The molecule has 0 aromatic rings. The summed E-state index contributed by atoms with van der Waals surface area (Å²) in [5.74, 6) is 0. The van der Waals surface area contributed by atoms with Gasteiger partial charge in [0.05, 0.1) is 0 Å². The van der Waals surface area contributed by atoms with E-state index in [0.717, 1.165) is 12.8 Å². The van der Waals surface area contributed by atoms with Gasteiger partial charge < -0.3 is 13.3 Å². The van der Waals surface area contributed by atoms with Crippen LogP contribution >= 0.6 is 0 Å². The fourth-order valence-electron chi connectivity index (χ4n) is 2.82. The fourth-order valence-corrected chi connectivity index (χ4v) is 4.98. The van der Waals surface area contributed by atoms with E-state index in [1.807, 2.05) is 0 Å². The Morgan fingerprint density at radius 1 is 0.737 bits per heavy atom. The van der Waals surface area contributed by atoms with Crippen LogP contribution in [0.15, 0.2) is 11.3 Å². The summed E-state index contributed by atoms with van der Waals surface area (Å²) in [5, 5.41) is 1.28. The Balaban J connectivity index is 2.72.